The van der Waals surface area contributed by atoms with Gasteiger partial charge in [-0.25, -0.2) is 18.2 Å². The number of benzene rings is 2. The molecular weight excluding hydrogens is 486 g/mol. The van der Waals surface area contributed by atoms with Gasteiger partial charge in [0.15, 0.2) is 11.7 Å². The van der Waals surface area contributed by atoms with Crippen LogP contribution in [-0.2, 0) is 19.6 Å². The average Bonchev–Trinajstić information content (AvgIpc) is 3.51. The molecule has 1 N–H and O–H groups in total. The molecule has 1 amide bonds. The van der Waals surface area contributed by atoms with Crippen LogP contribution in [0.25, 0.3) is 11.3 Å². The van der Waals surface area contributed by atoms with Gasteiger partial charge in [-0.05, 0) is 43.2 Å². The number of aromatic nitrogens is 1. The molecule has 2 aromatic carbocycles. The van der Waals surface area contributed by atoms with Crippen molar-refractivity contribution in [1.82, 2.24) is 9.29 Å². The molecule has 0 radical (unpaired) electrons. The van der Waals surface area contributed by atoms with Gasteiger partial charge in [0.1, 0.15) is 0 Å². The molecule has 0 atom stereocenters. The number of amides is 1. The van der Waals surface area contributed by atoms with Gasteiger partial charge in [-0.15, -0.1) is 11.3 Å². The molecule has 1 aliphatic heterocycles. The number of rotatable bonds is 7. The summed E-state index contributed by atoms with van der Waals surface area (Å²) in [7, 11) is -3.56. The number of sulfonamides is 1. The van der Waals surface area contributed by atoms with Crippen LogP contribution in [0.4, 0.5) is 5.13 Å². The summed E-state index contributed by atoms with van der Waals surface area (Å²) in [5.74, 6) is -1.28. The van der Waals surface area contributed by atoms with E-state index in [9.17, 15) is 18.0 Å². The Bertz CT molecular complexity index is 1270. The van der Waals surface area contributed by atoms with Gasteiger partial charge in [-0.2, -0.15) is 4.31 Å². The van der Waals surface area contributed by atoms with Crippen molar-refractivity contribution in [3.8, 4) is 11.3 Å². The molecule has 8 nitrogen and oxygen atoms in total. The van der Waals surface area contributed by atoms with Gasteiger partial charge in [0.25, 0.3) is 5.91 Å². The van der Waals surface area contributed by atoms with Crippen LogP contribution in [0.2, 0.25) is 5.02 Å². The lowest BCUT2D eigenvalue weighted by Gasteiger charge is -2.15. The van der Waals surface area contributed by atoms with Crippen LogP contribution in [-0.4, -0.2) is 49.3 Å². The summed E-state index contributed by atoms with van der Waals surface area (Å²) in [4.78, 5) is 28.9. The van der Waals surface area contributed by atoms with Crippen LogP contribution in [0.3, 0.4) is 0 Å². The van der Waals surface area contributed by atoms with E-state index in [0.717, 1.165) is 18.4 Å². The number of nitrogens with one attached hydrogen (secondary N) is 1. The van der Waals surface area contributed by atoms with E-state index in [2.05, 4.69) is 10.3 Å². The van der Waals surface area contributed by atoms with Crippen molar-refractivity contribution in [3.05, 3.63) is 64.5 Å². The number of halogens is 1. The lowest BCUT2D eigenvalue weighted by atomic mass is 10.2. The zero-order chi connectivity index (χ0) is 23.4. The van der Waals surface area contributed by atoms with Gasteiger partial charge in [-0.1, -0.05) is 29.8 Å². The van der Waals surface area contributed by atoms with E-state index >= 15 is 0 Å². The number of esters is 1. The smallest absolute Gasteiger partial charge is 0.338 e. The maximum Gasteiger partial charge on any atom is 0.338 e. The van der Waals surface area contributed by atoms with Gasteiger partial charge in [0.2, 0.25) is 10.0 Å². The number of carbonyl (C=O) groups is 2. The summed E-state index contributed by atoms with van der Waals surface area (Å²) in [6.07, 6.45) is 1.68. The first-order valence-electron chi connectivity index (χ1n) is 10.1. The third-order valence-corrected chi connectivity index (χ3v) is 8.03. The van der Waals surface area contributed by atoms with Crippen molar-refractivity contribution in [2.45, 2.75) is 17.7 Å². The normalized spacial score (nSPS) is 14.2. The minimum atomic E-state index is -3.56. The van der Waals surface area contributed by atoms with E-state index in [-0.39, 0.29) is 10.5 Å². The van der Waals surface area contributed by atoms with Crippen molar-refractivity contribution in [1.29, 1.82) is 0 Å². The quantitative estimate of drug-likeness (QED) is 0.486. The fourth-order valence-electron chi connectivity index (χ4n) is 3.33. The predicted molar refractivity (Wildman–Crippen MR) is 126 cm³/mol. The first-order chi connectivity index (χ1) is 15.8. The van der Waals surface area contributed by atoms with Crippen molar-refractivity contribution in [2.24, 2.45) is 0 Å². The molecular formula is C22H20ClN3O5S2. The molecule has 0 aliphatic carbocycles. The Morgan fingerprint density at radius 2 is 1.79 bits per heavy atom. The van der Waals surface area contributed by atoms with E-state index in [1.165, 1.54) is 39.9 Å². The Morgan fingerprint density at radius 3 is 2.48 bits per heavy atom. The van der Waals surface area contributed by atoms with Crippen LogP contribution in [0.1, 0.15) is 23.2 Å². The molecule has 0 unspecified atom stereocenters. The van der Waals surface area contributed by atoms with Gasteiger partial charge < -0.3 is 4.74 Å². The van der Waals surface area contributed by atoms with Crippen LogP contribution in [0.15, 0.2) is 58.8 Å². The van der Waals surface area contributed by atoms with Crippen molar-refractivity contribution >= 4 is 50.0 Å². The van der Waals surface area contributed by atoms with Crippen molar-refractivity contribution < 1.29 is 22.7 Å². The largest absolute Gasteiger partial charge is 0.452 e. The summed E-state index contributed by atoms with van der Waals surface area (Å²) >= 11 is 7.39. The fourth-order valence-corrected chi connectivity index (χ4v) is 5.81. The Morgan fingerprint density at radius 1 is 1.09 bits per heavy atom. The van der Waals surface area contributed by atoms with Crippen LogP contribution in [0, 0.1) is 0 Å². The highest BCUT2D eigenvalue weighted by Gasteiger charge is 2.27. The number of nitrogens with zero attached hydrogens (tertiary/aromatic N) is 2. The number of ether oxygens (including phenoxy) is 1. The highest BCUT2D eigenvalue weighted by molar-refractivity contribution is 7.89. The molecule has 0 saturated carbocycles. The first kappa shape index (κ1) is 23.4. The predicted octanol–water partition coefficient (Wildman–Crippen LogP) is 4.04. The molecule has 3 aromatic rings. The number of hydrogen-bond acceptors (Lipinski definition) is 7. The highest BCUT2D eigenvalue weighted by atomic mass is 35.5. The Balaban J connectivity index is 1.32. The third-order valence-electron chi connectivity index (χ3n) is 5.03. The zero-order valence-electron chi connectivity index (χ0n) is 17.4. The van der Waals surface area contributed by atoms with Gasteiger partial charge in [0.05, 0.1) is 16.2 Å². The minimum Gasteiger partial charge on any atom is -0.452 e. The topological polar surface area (TPSA) is 106 Å². The summed E-state index contributed by atoms with van der Waals surface area (Å²) in [6, 6.07) is 12.7. The minimum absolute atomic E-state index is 0.122. The van der Waals surface area contributed by atoms with E-state index in [0.29, 0.717) is 28.9 Å². The SMILES string of the molecule is O=C(COC(=O)c1ccc(S(=O)(=O)N2CCCC2)cc1)Nc1nc(-c2ccccc2Cl)cs1. The molecule has 0 spiro atoms. The number of anilines is 1. The standard InChI is InChI=1S/C22H20ClN3O5S2/c23-18-6-2-1-5-17(18)19-14-32-22(24-19)25-20(27)13-31-21(28)15-7-9-16(10-8-15)33(29,30)26-11-3-4-12-26/h1-2,5-10,14H,3-4,11-13H2,(H,24,25,27). The monoisotopic (exact) mass is 505 g/mol. The van der Waals surface area contributed by atoms with Crippen LogP contribution >= 0.6 is 22.9 Å². The summed E-state index contributed by atoms with van der Waals surface area (Å²) in [5.41, 5.74) is 1.53. The Labute approximate surface area is 200 Å². The Hall–Kier alpha value is -2.79. The second-order valence-electron chi connectivity index (χ2n) is 7.28. The summed E-state index contributed by atoms with van der Waals surface area (Å²) < 4.78 is 31.6. The molecule has 1 fully saturated rings. The number of carbonyl (C=O) groups excluding carboxylic acids is 2. The summed E-state index contributed by atoms with van der Waals surface area (Å²) in [5, 5.41) is 5.25. The van der Waals surface area contributed by atoms with E-state index < -0.39 is 28.5 Å². The Kier molecular flexibility index (Phi) is 7.08. The average molecular weight is 506 g/mol. The lowest BCUT2D eigenvalue weighted by molar-refractivity contribution is -0.119. The van der Waals surface area contributed by atoms with Gasteiger partial charge >= 0.3 is 5.97 Å². The molecule has 1 aliphatic rings. The maximum atomic E-state index is 12.6. The highest BCUT2D eigenvalue weighted by Crippen LogP contribution is 2.30. The van der Waals surface area contributed by atoms with Crippen molar-refractivity contribution in [2.75, 3.05) is 25.0 Å². The van der Waals surface area contributed by atoms with E-state index in [1.54, 1.807) is 11.4 Å². The molecule has 33 heavy (non-hydrogen) atoms. The maximum absolute atomic E-state index is 12.6. The first-order valence-corrected chi connectivity index (χ1v) is 12.8. The lowest BCUT2D eigenvalue weighted by Crippen LogP contribution is -2.27. The second kappa shape index (κ2) is 10.0. The molecule has 1 saturated heterocycles. The molecule has 2 heterocycles. The van der Waals surface area contributed by atoms with Crippen molar-refractivity contribution in [3.63, 3.8) is 0 Å². The molecule has 0 bridgehead atoms. The molecule has 4 rings (SSSR count). The van der Waals surface area contributed by atoms with Gasteiger partial charge in [-0.3, -0.25) is 10.1 Å². The zero-order valence-corrected chi connectivity index (χ0v) is 19.8. The molecule has 172 valence electrons. The second-order valence-corrected chi connectivity index (χ2v) is 10.5. The van der Waals surface area contributed by atoms with E-state index in [1.807, 2.05) is 18.2 Å². The summed E-state index contributed by atoms with van der Waals surface area (Å²) in [6.45, 7) is 0.494. The third kappa shape index (κ3) is 5.41. The number of thiazole rings is 1. The van der Waals surface area contributed by atoms with Crippen LogP contribution < -0.4 is 5.32 Å². The van der Waals surface area contributed by atoms with Crippen LogP contribution in [0.5, 0.6) is 0 Å². The fraction of sp³-hybridized carbons (Fsp3) is 0.227. The van der Waals surface area contributed by atoms with Gasteiger partial charge in [0, 0.05) is 29.1 Å². The molecule has 1 aromatic heterocycles. The van der Waals surface area contributed by atoms with E-state index in [4.69, 9.17) is 16.3 Å². The number of hydrogen-bond donors (Lipinski definition) is 1. The molecule has 11 heteroatoms.